The fraction of sp³-hybridized carbons (Fsp3) is 0.565. The fourth-order valence-electron chi connectivity index (χ4n) is 4.23. The van der Waals surface area contributed by atoms with E-state index in [4.69, 9.17) is 9.78 Å². The van der Waals surface area contributed by atoms with Crippen molar-refractivity contribution in [3.05, 3.63) is 29.3 Å². The number of carbonyl (C=O) groups excluding carboxylic acids is 4. The molecule has 2 heterocycles. The molecule has 3 rings (SSSR count). The van der Waals surface area contributed by atoms with Crippen LogP contribution in [0.3, 0.4) is 0 Å². The molecule has 8 nitrogen and oxygen atoms in total. The largest absolute Gasteiger partial charge is 0.355 e. The summed E-state index contributed by atoms with van der Waals surface area (Å²) in [5.74, 6) is -1.30. The smallest absolute Gasteiger partial charge is 0.319 e. The van der Waals surface area contributed by atoms with Crippen LogP contribution >= 0.6 is 0 Å². The second kappa shape index (κ2) is 9.08. The Hall–Kier alpha value is -2.90. The number of amides is 3. The summed E-state index contributed by atoms with van der Waals surface area (Å²) < 4.78 is 0. The van der Waals surface area contributed by atoms with E-state index in [1.165, 1.54) is 0 Å². The summed E-state index contributed by atoms with van der Waals surface area (Å²) in [6, 6.07) is 3.90. The third-order valence-electron chi connectivity index (χ3n) is 5.64. The van der Waals surface area contributed by atoms with E-state index >= 15 is 0 Å². The van der Waals surface area contributed by atoms with Gasteiger partial charge in [0.05, 0.1) is 12.5 Å². The van der Waals surface area contributed by atoms with Crippen molar-refractivity contribution in [1.82, 2.24) is 10.2 Å². The molecule has 0 saturated carbocycles. The van der Waals surface area contributed by atoms with Crippen LogP contribution in [0, 0.1) is 5.41 Å². The maximum atomic E-state index is 13.3. The second-order valence-corrected chi connectivity index (χ2v) is 9.19. The lowest BCUT2D eigenvalue weighted by molar-refractivity contribution is -0.213. The van der Waals surface area contributed by atoms with Crippen molar-refractivity contribution in [3.8, 4) is 5.75 Å². The molecule has 2 unspecified atom stereocenters. The number of rotatable bonds is 7. The lowest BCUT2D eigenvalue weighted by Crippen LogP contribution is -2.54. The molecule has 168 valence electrons. The lowest BCUT2D eigenvalue weighted by atomic mass is 9.81. The van der Waals surface area contributed by atoms with E-state index in [1.54, 1.807) is 23.1 Å². The van der Waals surface area contributed by atoms with E-state index in [0.717, 1.165) is 24.8 Å². The average molecular weight is 431 g/mol. The number of nitrogens with one attached hydrogen (secondary N) is 1. The van der Waals surface area contributed by atoms with E-state index in [1.807, 2.05) is 27.7 Å². The molecule has 0 radical (unpaired) electrons. The Kier molecular flexibility index (Phi) is 6.67. The summed E-state index contributed by atoms with van der Waals surface area (Å²) >= 11 is 0. The van der Waals surface area contributed by atoms with E-state index in [2.05, 4.69) is 5.32 Å². The Morgan fingerprint density at radius 1 is 1.19 bits per heavy atom. The zero-order chi connectivity index (χ0) is 22.8. The highest BCUT2D eigenvalue weighted by atomic mass is 17.2. The maximum absolute atomic E-state index is 13.3. The van der Waals surface area contributed by atoms with Crippen molar-refractivity contribution in [2.24, 2.45) is 5.41 Å². The lowest BCUT2D eigenvalue weighted by Gasteiger charge is -2.40. The molecule has 2 atom stereocenters. The number of benzene rings is 1. The number of nitrogens with zero attached hydrogens (tertiary/aromatic N) is 1. The number of hydrogen-bond donors (Lipinski definition) is 1. The predicted molar refractivity (Wildman–Crippen MR) is 112 cm³/mol. The maximum Gasteiger partial charge on any atom is 0.355 e. The highest BCUT2D eigenvalue weighted by molar-refractivity contribution is 6.06. The molecule has 1 aromatic rings. The van der Waals surface area contributed by atoms with Gasteiger partial charge in [0.15, 0.2) is 5.75 Å². The Balaban J connectivity index is 1.81. The molecule has 1 aromatic carbocycles. The van der Waals surface area contributed by atoms with Crippen molar-refractivity contribution < 1.29 is 29.0 Å². The van der Waals surface area contributed by atoms with Crippen LogP contribution in [-0.2, 0) is 19.3 Å². The van der Waals surface area contributed by atoms with Crippen molar-refractivity contribution in [3.63, 3.8) is 0 Å². The van der Waals surface area contributed by atoms with Gasteiger partial charge in [0, 0.05) is 12.0 Å². The van der Waals surface area contributed by atoms with Crippen molar-refractivity contribution in [2.75, 3.05) is 0 Å². The third kappa shape index (κ3) is 4.89. The van der Waals surface area contributed by atoms with E-state index in [-0.39, 0.29) is 48.3 Å². The number of imide groups is 1. The van der Waals surface area contributed by atoms with Gasteiger partial charge in [-0.1, -0.05) is 46.6 Å². The van der Waals surface area contributed by atoms with Crippen LogP contribution in [0.5, 0.6) is 5.75 Å². The van der Waals surface area contributed by atoms with Gasteiger partial charge in [-0.15, -0.1) is 0 Å². The first-order valence-corrected chi connectivity index (χ1v) is 10.8. The summed E-state index contributed by atoms with van der Waals surface area (Å²) in [6.07, 6.45) is 3.42. The topological polar surface area (TPSA) is 102 Å². The molecule has 0 aliphatic carbocycles. The Labute approximate surface area is 182 Å². The highest BCUT2D eigenvalue weighted by Crippen LogP contribution is 2.47. The predicted octanol–water partition coefficient (Wildman–Crippen LogP) is 3.45. The molecule has 2 aliphatic rings. The molecule has 0 aromatic heterocycles. The normalized spacial score (nSPS) is 21.0. The minimum atomic E-state index is -0.720. The number of carbonyl (C=O) groups is 4. The fourth-order valence-corrected chi connectivity index (χ4v) is 4.23. The Morgan fingerprint density at radius 3 is 2.58 bits per heavy atom. The number of fused-ring (bicyclic) bond motifs is 1. The van der Waals surface area contributed by atoms with Crippen LogP contribution in [0.25, 0.3) is 0 Å². The second-order valence-electron chi connectivity index (χ2n) is 9.19. The van der Waals surface area contributed by atoms with Crippen molar-refractivity contribution in [2.45, 2.75) is 78.3 Å². The molecule has 1 fully saturated rings. The van der Waals surface area contributed by atoms with Crippen LogP contribution in [0.15, 0.2) is 18.2 Å². The van der Waals surface area contributed by atoms with Crippen LogP contribution in [0.1, 0.15) is 88.2 Å². The van der Waals surface area contributed by atoms with Gasteiger partial charge >= 0.3 is 5.97 Å². The van der Waals surface area contributed by atoms with Gasteiger partial charge in [-0.3, -0.25) is 29.5 Å². The molecular weight excluding hydrogens is 400 g/mol. The first-order chi connectivity index (χ1) is 14.6. The monoisotopic (exact) mass is 430 g/mol. The molecule has 1 saturated heterocycles. The molecule has 2 aliphatic heterocycles. The van der Waals surface area contributed by atoms with Crippen LogP contribution in [-0.4, -0.2) is 34.6 Å². The van der Waals surface area contributed by atoms with Gasteiger partial charge in [-0.2, -0.15) is 0 Å². The molecule has 31 heavy (non-hydrogen) atoms. The number of unbranched alkanes of at least 4 members (excludes halogenated alkanes) is 2. The quantitative estimate of drug-likeness (QED) is 0.308. The number of piperidine rings is 1. The zero-order valence-electron chi connectivity index (χ0n) is 18.5. The van der Waals surface area contributed by atoms with Crippen molar-refractivity contribution >= 4 is 23.7 Å². The van der Waals surface area contributed by atoms with Gasteiger partial charge in [0.1, 0.15) is 6.04 Å². The van der Waals surface area contributed by atoms with Crippen LogP contribution < -0.4 is 10.2 Å². The molecular formula is C23H30N2O6. The number of hydrogen-bond acceptors (Lipinski definition) is 6. The first-order valence-electron chi connectivity index (χ1n) is 10.8. The molecule has 1 N–H and O–H groups in total. The van der Waals surface area contributed by atoms with Crippen molar-refractivity contribution in [1.29, 1.82) is 0 Å². The summed E-state index contributed by atoms with van der Waals surface area (Å²) in [7, 11) is 0. The van der Waals surface area contributed by atoms with Gasteiger partial charge in [0.2, 0.25) is 11.8 Å². The first kappa shape index (κ1) is 22.8. The summed E-state index contributed by atoms with van der Waals surface area (Å²) in [5.41, 5.74) is 0.838. The molecule has 3 amide bonds. The van der Waals surface area contributed by atoms with Crippen LogP contribution in [0.2, 0.25) is 0 Å². The molecule has 0 spiro atoms. The van der Waals surface area contributed by atoms with Gasteiger partial charge < -0.3 is 4.90 Å². The Bertz CT molecular complexity index is 889. The highest BCUT2D eigenvalue weighted by Gasteiger charge is 2.49. The minimum Gasteiger partial charge on any atom is -0.319 e. The van der Waals surface area contributed by atoms with E-state index in [0.29, 0.717) is 5.56 Å². The standard InChI is InChI=1S/C23H30N2O6/c1-5-6-7-8-19(27)31-30-14-9-10-15-16(13-14)22(29)25(20(15)23(2,3)4)17-11-12-18(26)24-21(17)28/h9-10,13,17,20H,5-8,11-12H2,1-4H3,(H,24,26,28). The van der Waals surface area contributed by atoms with E-state index < -0.39 is 17.9 Å². The SMILES string of the molecule is CCCCCC(=O)OOc1ccc2c(c1)C(=O)N(C1CCC(=O)NC1=O)C2C(C)(C)C. The van der Waals surface area contributed by atoms with Gasteiger partial charge in [-0.25, -0.2) is 4.79 Å². The summed E-state index contributed by atoms with van der Waals surface area (Å²) in [6.45, 7) is 8.05. The molecule has 8 heteroatoms. The summed E-state index contributed by atoms with van der Waals surface area (Å²) in [5, 5.41) is 2.34. The van der Waals surface area contributed by atoms with E-state index in [9.17, 15) is 19.2 Å². The third-order valence-corrected chi connectivity index (χ3v) is 5.64. The van der Waals surface area contributed by atoms with Gasteiger partial charge in [0.25, 0.3) is 5.91 Å². The Morgan fingerprint density at radius 2 is 1.94 bits per heavy atom. The van der Waals surface area contributed by atoms with Gasteiger partial charge in [-0.05, 0) is 36.0 Å². The average Bonchev–Trinajstić information content (AvgIpc) is 2.99. The van der Waals surface area contributed by atoms with Crippen LogP contribution in [0.4, 0.5) is 0 Å². The minimum absolute atomic E-state index is 0.190. The zero-order valence-corrected chi connectivity index (χ0v) is 18.5. The summed E-state index contributed by atoms with van der Waals surface area (Å²) in [4.78, 5) is 60.8. The molecule has 0 bridgehead atoms.